The van der Waals surface area contributed by atoms with Crippen LogP contribution in [0.3, 0.4) is 0 Å². The number of nitrogens with two attached hydrogens (primary N) is 1. The van der Waals surface area contributed by atoms with E-state index >= 15 is 0 Å². The van der Waals surface area contributed by atoms with Crippen LogP contribution in [0.2, 0.25) is 5.02 Å². The van der Waals surface area contributed by atoms with Gasteiger partial charge in [0.05, 0.1) is 25.6 Å². The number of hydrazine groups is 1. The summed E-state index contributed by atoms with van der Waals surface area (Å²) < 4.78 is 4.92. The summed E-state index contributed by atoms with van der Waals surface area (Å²) in [6.07, 6.45) is -0.851. The van der Waals surface area contributed by atoms with E-state index in [0.29, 0.717) is 23.1 Å². The van der Waals surface area contributed by atoms with Crippen LogP contribution in [0.1, 0.15) is 41.6 Å². The van der Waals surface area contributed by atoms with Gasteiger partial charge in [0.25, 0.3) is 0 Å². The van der Waals surface area contributed by atoms with Gasteiger partial charge in [0.15, 0.2) is 0 Å². The van der Waals surface area contributed by atoms with Gasteiger partial charge in [0.2, 0.25) is 5.91 Å². The molecule has 0 saturated carbocycles. The summed E-state index contributed by atoms with van der Waals surface area (Å²) in [4.78, 5) is 40.2. The van der Waals surface area contributed by atoms with Crippen molar-refractivity contribution < 1.29 is 24.2 Å². The normalized spacial score (nSPS) is 13.7. The Morgan fingerprint density at radius 2 is 1.71 bits per heavy atom. The highest BCUT2D eigenvalue weighted by Crippen LogP contribution is 2.32. The van der Waals surface area contributed by atoms with Gasteiger partial charge in [0, 0.05) is 48.9 Å². The molecule has 1 heterocycles. The van der Waals surface area contributed by atoms with E-state index in [9.17, 15) is 14.4 Å². The first-order valence-electron chi connectivity index (χ1n) is 14.8. The number of carbonyl (C=O) groups excluding carboxylic acids is 2. The van der Waals surface area contributed by atoms with Gasteiger partial charge in [-0.25, -0.2) is 15.6 Å². The number of carboxylic acid groups (broad SMARTS) is 1. The highest BCUT2D eigenvalue weighted by atomic mass is 35.5. The number of nitrogens with one attached hydrogen (secondary N) is 1. The van der Waals surface area contributed by atoms with Crippen molar-refractivity contribution in [1.82, 2.24) is 15.2 Å². The van der Waals surface area contributed by atoms with Crippen LogP contribution in [0.5, 0.6) is 0 Å². The molecule has 1 aliphatic heterocycles. The number of nitrogens with zero attached hydrogens (tertiary/aromatic N) is 3. The van der Waals surface area contributed by atoms with Crippen molar-refractivity contribution in [2.45, 2.75) is 25.8 Å². The van der Waals surface area contributed by atoms with Crippen LogP contribution in [0.4, 0.5) is 10.5 Å². The Balaban J connectivity index is 1.53. The topological polar surface area (TPSA) is 128 Å². The fraction of sp³-hybridized carbons (Fsp3) is 0.324. The molecule has 4 rings (SSSR count). The molecule has 4 N–H and O–H groups in total. The molecule has 236 valence electrons. The lowest BCUT2D eigenvalue weighted by atomic mass is 9.96. The second-order valence-electron chi connectivity index (χ2n) is 10.5. The predicted octanol–water partition coefficient (Wildman–Crippen LogP) is 4.07. The van der Waals surface area contributed by atoms with E-state index in [4.69, 9.17) is 27.3 Å². The number of ether oxygens (including phenoxy) is 1. The Labute approximate surface area is 268 Å². The monoisotopic (exact) mass is 631 g/mol. The molecule has 2 amide bonds. The Morgan fingerprint density at radius 3 is 2.38 bits per heavy atom. The average molecular weight is 632 g/mol. The highest BCUT2D eigenvalue weighted by molar-refractivity contribution is 6.30. The summed E-state index contributed by atoms with van der Waals surface area (Å²) in [6.45, 7) is 4.83. The standard InChI is InChI=1S/C34H38ClN5O5/c1-2-45-32(42)24-37-31(41)23-28-12-11-25(8-6-7-17-40(36)34(43)44)22-30(28)38-18-20-39(21-19-38)33(26-9-4-3-5-10-26)27-13-15-29(35)16-14-27/h3-5,9-16,22,33H,2,7,17-21,23-24,36H2,1H3,(H,37,41)(H,43,44). The molecule has 1 unspecified atom stereocenters. The molecule has 0 bridgehead atoms. The zero-order chi connectivity index (χ0) is 32.2. The molecule has 0 aliphatic carbocycles. The average Bonchev–Trinajstić information content (AvgIpc) is 3.04. The number of hydrogen-bond acceptors (Lipinski definition) is 7. The quantitative estimate of drug-likeness (QED) is 0.0950. The van der Waals surface area contributed by atoms with Crippen molar-refractivity contribution >= 4 is 35.3 Å². The summed E-state index contributed by atoms with van der Waals surface area (Å²) in [5.74, 6) is 10.7. The maximum atomic E-state index is 12.8. The van der Waals surface area contributed by atoms with Crippen LogP contribution < -0.4 is 16.1 Å². The van der Waals surface area contributed by atoms with Crippen molar-refractivity contribution in [2.24, 2.45) is 5.84 Å². The fourth-order valence-electron chi connectivity index (χ4n) is 5.26. The van der Waals surface area contributed by atoms with Crippen molar-refractivity contribution in [2.75, 3.05) is 50.8 Å². The first-order chi connectivity index (χ1) is 21.7. The van der Waals surface area contributed by atoms with Gasteiger partial charge >= 0.3 is 12.1 Å². The molecular weight excluding hydrogens is 594 g/mol. The summed E-state index contributed by atoms with van der Waals surface area (Å²) >= 11 is 6.20. The Hall–Kier alpha value is -4.56. The molecule has 1 aliphatic rings. The van der Waals surface area contributed by atoms with Crippen LogP contribution >= 0.6 is 11.6 Å². The van der Waals surface area contributed by atoms with Gasteiger partial charge in [0.1, 0.15) is 6.54 Å². The number of halogens is 1. The second kappa shape index (κ2) is 16.5. The lowest BCUT2D eigenvalue weighted by molar-refractivity contribution is -0.143. The van der Waals surface area contributed by atoms with Crippen molar-refractivity contribution in [3.8, 4) is 11.8 Å². The maximum absolute atomic E-state index is 12.8. The lowest BCUT2D eigenvalue weighted by Gasteiger charge is -2.41. The van der Waals surface area contributed by atoms with E-state index in [1.807, 2.05) is 48.5 Å². The maximum Gasteiger partial charge on any atom is 0.421 e. The number of piperazine rings is 1. The number of esters is 1. The molecule has 0 aromatic heterocycles. The number of hydrogen-bond donors (Lipinski definition) is 3. The minimum atomic E-state index is -1.21. The second-order valence-corrected chi connectivity index (χ2v) is 11.0. The van der Waals surface area contributed by atoms with Crippen molar-refractivity contribution in [3.05, 3.63) is 100 Å². The molecule has 1 fully saturated rings. The first-order valence-corrected chi connectivity index (χ1v) is 15.2. The van der Waals surface area contributed by atoms with Crippen LogP contribution in [0.15, 0.2) is 72.8 Å². The van der Waals surface area contributed by atoms with E-state index in [1.165, 1.54) is 5.56 Å². The van der Waals surface area contributed by atoms with Gasteiger partial charge in [-0.05, 0) is 47.9 Å². The molecule has 11 heteroatoms. The minimum Gasteiger partial charge on any atom is -0.465 e. The molecule has 1 saturated heterocycles. The van der Waals surface area contributed by atoms with Crippen molar-refractivity contribution in [1.29, 1.82) is 0 Å². The zero-order valence-corrected chi connectivity index (χ0v) is 26.0. The molecular formula is C34H38ClN5O5. The lowest BCUT2D eigenvalue weighted by Crippen LogP contribution is -2.48. The molecule has 1 atom stereocenters. The Bertz CT molecular complexity index is 1520. The largest absolute Gasteiger partial charge is 0.465 e. The van der Waals surface area contributed by atoms with Gasteiger partial charge in [-0.3, -0.25) is 14.5 Å². The van der Waals surface area contributed by atoms with E-state index in [2.05, 4.69) is 51.2 Å². The molecule has 3 aromatic rings. The smallest absolute Gasteiger partial charge is 0.421 e. The van der Waals surface area contributed by atoms with Gasteiger partial charge < -0.3 is 20.1 Å². The third-order valence-corrected chi connectivity index (χ3v) is 7.70. The number of rotatable bonds is 11. The summed E-state index contributed by atoms with van der Waals surface area (Å²) in [6, 6.07) is 24.1. The van der Waals surface area contributed by atoms with E-state index in [1.54, 1.807) is 6.92 Å². The third kappa shape index (κ3) is 9.71. The molecule has 45 heavy (non-hydrogen) atoms. The molecule has 0 spiro atoms. The Kier molecular flexibility index (Phi) is 12.2. The SMILES string of the molecule is CCOC(=O)CNC(=O)Cc1ccc(C#CCCN(N)C(=O)O)cc1N1CCN(C(c2ccccc2)c2ccc(Cl)cc2)CC1. The minimum absolute atomic E-state index is 0.0591. The van der Waals surface area contributed by atoms with Crippen LogP contribution in [0, 0.1) is 11.8 Å². The van der Waals surface area contributed by atoms with Crippen LogP contribution in [0.25, 0.3) is 0 Å². The fourth-order valence-corrected chi connectivity index (χ4v) is 5.38. The van der Waals surface area contributed by atoms with Gasteiger partial charge in [-0.2, -0.15) is 0 Å². The van der Waals surface area contributed by atoms with Crippen LogP contribution in [-0.2, 0) is 20.7 Å². The zero-order valence-electron chi connectivity index (χ0n) is 25.2. The number of benzene rings is 3. The van der Waals surface area contributed by atoms with Gasteiger partial charge in [-0.1, -0.05) is 72.0 Å². The Morgan fingerprint density at radius 1 is 1.02 bits per heavy atom. The van der Waals surface area contributed by atoms with E-state index in [-0.39, 0.29) is 44.5 Å². The number of anilines is 1. The van der Waals surface area contributed by atoms with E-state index < -0.39 is 12.1 Å². The highest BCUT2D eigenvalue weighted by Gasteiger charge is 2.27. The summed E-state index contributed by atoms with van der Waals surface area (Å²) in [7, 11) is 0. The third-order valence-electron chi connectivity index (χ3n) is 7.45. The van der Waals surface area contributed by atoms with Crippen LogP contribution in [-0.4, -0.2) is 78.9 Å². The summed E-state index contributed by atoms with van der Waals surface area (Å²) in [5.41, 5.74) is 4.80. The molecule has 0 radical (unpaired) electrons. The van der Waals surface area contributed by atoms with E-state index in [0.717, 1.165) is 35.5 Å². The summed E-state index contributed by atoms with van der Waals surface area (Å²) in [5, 5.41) is 13.0. The van der Waals surface area contributed by atoms with Crippen molar-refractivity contribution in [3.63, 3.8) is 0 Å². The molecule has 10 nitrogen and oxygen atoms in total. The first kappa shape index (κ1) is 33.3. The number of amides is 2. The molecule has 3 aromatic carbocycles. The van der Waals surface area contributed by atoms with Gasteiger partial charge in [-0.15, -0.1) is 0 Å². The number of carbonyl (C=O) groups is 3. The predicted molar refractivity (Wildman–Crippen MR) is 174 cm³/mol.